The van der Waals surface area contributed by atoms with E-state index in [9.17, 15) is 9.18 Å². The predicted octanol–water partition coefficient (Wildman–Crippen LogP) is 3.59. The van der Waals surface area contributed by atoms with Gasteiger partial charge < -0.3 is 11.1 Å². The predicted molar refractivity (Wildman–Crippen MR) is 86.8 cm³/mol. The number of carbonyl (C=O) groups is 1. The molecule has 3 N–H and O–H groups in total. The van der Waals surface area contributed by atoms with Crippen LogP contribution in [0.1, 0.15) is 11.1 Å². The number of thioether (sulfide) groups is 1. The Morgan fingerprint density at radius 2 is 2.10 bits per heavy atom. The van der Waals surface area contributed by atoms with Crippen LogP contribution in [0.3, 0.4) is 0 Å². The fourth-order valence-electron chi connectivity index (χ4n) is 1.90. The van der Waals surface area contributed by atoms with Gasteiger partial charge in [-0.3, -0.25) is 4.79 Å². The average Bonchev–Trinajstić information content (AvgIpc) is 2.42. The molecule has 0 atom stereocenters. The summed E-state index contributed by atoms with van der Waals surface area (Å²) in [5, 5.41) is 2.68. The van der Waals surface area contributed by atoms with Gasteiger partial charge in [0.25, 0.3) is 0 Å². The third-order valence-corrected chi connectivity index (χ3v) is 3.88. The van der Waals surface area contributed by atoms with Crippen molar-refractivity contribution < 1.29 is 9.18 Å². The molecule has 1 amide bonds. The SMILES string of the molecule is Cc1cccc(CSCC(=O)Nc2ccc(F)cc2N)c1. The smallest absolute Gasteiger partial charge is 0.234 e. The van der Waals surface area contributed by atoms with Crippen LogP contribution in [0.2, 0.25) is 0 Å². The van der Waals surface area contributed by atoms with E-state index in [-0.39, 0.29) is 11.6 Å². The molecule has 5 heteroatoms. The minimum atomic E-state index is -0.417. The van der Waals surface area contributed by atoms with E-state index in [1.165, 1.54) is 41.1 Å². The van der Waals surface area contributed by atoms with Gasteiger partial charge in [-0.25, -0.2) is 4.39 Å². The minimum absolute atomic E-state index is 0.147. The summed E-state index contributed by atoms with van der Waals surface area (Å²) in [5.41, 5.74) is 8.71. The molecule has 0 unspecified atom stereocenters. The molecule has 2 aromatic carbocycles. The molecule has 0 saturated carbocycles. The summed E-state index contributed by atoms with van der Waals surface area (Å²) < 4.78 is 12.9. The van der Waals surface area contributed by atoms with E-state index in [4.69, 9.17) is 5.73 Å². The maximum Gasteiger partial charge on any atom is 0.234 e. The zero-order chi connectivity index (χ0) is 15.2. The fourth-order valence-corrected chi connectivity index (χ4v) is 2.67. The van der Waals surface area contributed by atoms with Gasteiger partial charge in [0, 0.05) is 5.75 Å². The molecule has 0 saturated heterocycles. The van der Waals surface area contributed by atoms with Crippen molar-refractivity contribution in [2.75, 3.05) is 16.8 Å². The molecule has 2 rings (SSSR count). The second-order valence-corrected chi connectivity index (χ2v) is 5.75. The number of nitrogens with two attached hydrogens (primary N) is 1. The zero-order valence-corrected chi connectivity index (χ0v) is 12.5. The van der Waals surface area contributed by atoms with Crippen LogP contribution >= 0.6 is 11.8 Å². The lowest BCUT2D eigenvalue weighted by molar-refractivity contribution is -0.113. The number of halogens is 1. The van der Waals surface area contributed by atoms with Crippen LogP contribution in [0.25, 0.3) is 0 Å². The van der Waals surface area contributed by atoms with Gasteiger partial charge in [0.1, 0.15) is 5.82 Å². The maximum absolute atomic E-state index is 12.9. The van der Waals surface area contributed by atoms with Crippen molar-refractivity contribution in [1.82, 2.24) is 0 Å². The van der Waals surface area contributed by atoms with Crippen LogP contribution < -0.4 is 11.1 Å². The number of aryl methyl sites for hydroxylation is 1. The third kappa shape index (κ3) is 4.79. The Labute approximate surface area is 127 Å². The first-order valence-corrected chi connectivity index (χ1v) is 7.68. The Morgan fingerprint density at radius 3 is 2.81 bits per heavy atom. The highest BCUT2D eigenvalue weighted by Gasteiger charge is 2.06. The summed E-state index contributed by atoms with van der Waals surface area (Å²) in [4.78, 5) is 11.8. The van der Waals surface area contributed by atoms with Gasteiger partial charge in [0.05, 0.1) is 17.1 Å². The molecule has 0 aliphatic carbocycles. The Kier molecular flexibility index (Phi) is 5.22. The lowest BCUT2D eigenvalue weighted by Crippen LogP contribution is -2.15. The van der Waals surface area contributed by atoms with Crippen molar-refractivity contribution in [1.29, 1.82) is 0 Å². The van der Waals surface area contributed by atoms with Gasteiger partial charge in [0.2, 0.25) is 5.91 Å². The van der Waals surface area contributed by atoms with E-state index in [1.54, 1.807) is 0 Å². The van der Waals surface area contributed by atoms with Crippen LogP contribution in [0.4, 0.5) is 15.8 Å². The molecule has 3 nitrogen and oxygen atoms in total. The van der Waals surface area contributed by atoms with Gasteiger partial charge in [-0.1, -0.05) is 29.8 Å². The molecular formula is C16H17FN2OS. The molecule has 110 valence electrons. The molecule has 0 bridgehead atoms. The number of carbonyl (C=O) groups excluding carboxylic acids is 1. The number of anilines is 2. The number of benzene rings is 2. The van der Waals surface area contributed by atoms with Crippen LogP contribution in [0.15, 0.2) is 42.5 Å². The van der Waals surface area contributed by atoms with Crippen molar-refractivity contribution in [3.8, 4) is 0 Å². The molecule has 0 aliphatic heterocycles. The molecule has 0 aromatic heterocycles. The first-order chi connectivity index (χ1) is 10.0. The second kappa shape index (κ2) is 7.13. The number of hydrogen-bond acceptors (Lipinski definition) is 3. The summed E-state index contributed by atoms with van der Waals surface area (Å²) >= 11 is 1.52. The highest BCUT2D eigenvalue weighted by Crippen LogP contribution is 2.20. The molecular weight excluding hydrogens is 287 g/mol. The molecule has 0 radical (unpaired) electrons. The topological polar surface area (TPSA) is 55.1 Å². The molecule has 2 aromatic rings. The van der Waals surface area contributed by atoms with Gasteiger partial charge in [-0.05, 0) is 30.7 Å². The van der Waals surface area contributed by atoms with Crippen LogP contribution in [0, 0.1) is 12.7 Å². The Hall–Kier alpha value is -2.01. The van der Waals surface area contributed by atoms with Crippen molar-refractivity contribution >= 4 is 29.0 Å². The van der Waals surface area contributed by atoms with Crippen molar-refractivity contribution in [3.63, 3.8) is 0 Å². The maximum atomic E-state index is 12.9. The zero-order valence-electron chi connectivity index (χ0n) is 11.7. The highest BCUT2D eigenvalue weighted by atomic mass is 32.2. The molecule has 21 heavy (non-hydrogen) atoms. The third-order valence-electron chi connectivity index (χ3n) is 2.87. The monoisotopic (exact) mass is 304 g/mol. The number of amides is 1. The average molecular weight is 304 g/mol. The van der Waals surface area contributed by atoms with Gasteiger partial charge in [-0.2, -0.15) is 0 Å². The van der Waals surface area contributed by atoms with E-state index >= 15 is 0 Å². The first kappa shape index (κ1) is 15.4. The van der Waals surface area contributed by atoms with Gasteiger partial charge in [0.15, 0.2) is 0 Å². The Balaban J connectivity index is 1.82. The van der Waals surface area contributed by atoms with Crippen molar-refractivity contribution in [2.45, 2.75) is 12.7 Å². The largest absolute Gasteiger partial charge is 0.397 e. The fraction of sp³-hybridized carbons (Fsp3) is 0.188. The summed E-state index contributed by atoms with van der Waals surface area (Å²) in [5.74, 6) is 0.531. The van der Waals surface area contributed by atoms with Crippen molar-refractivity contribution in [2.24, 2.45) is 0 Å². The van der Waals surface area contributed by atoms with Crippen molar-refractivity contribution in [3.05, 3.63) is 59.4 Å². The summed E-state index contributed by atoms with van der Waals surface area (Å²) in [7, 11) is 0. The lowest BCUT2D eigenvalue weighted by Gasteiger charge is -2.08. The quantitative estimate of drug-likeness (QED) is 0.830. The van der Waals surface area contributed by atoms with Gasteiger partial charge in [-0.15, -0.1) is 11.8 Å². The standard InChI is InChI=1S/C16H17FN2OS/c1-11-3-2-4-12(7-11)9-21-10-16(20)19-15-6-5-13(17)8-14(15)18/h2-8H,9-10,18H2,1H3,(H,19,20). The highest BCUT2D eigenvalue weighted by molar-refractivity contribution is 7.99. The lowest BCUT2D eigenvalue weighted by atomic mass is 10.2. The van der Waals surface area contributed by atoms with E-state index in [0.29, 0.717) is 11.4 Å². The molecule has 0 aliphatic rings. The normalized spacial score (nSPS) is 10.4. The Bertz CT molecular complexity index is 646. The van der Waals surface area contributed by atoms with Crippen LogP contribution in [0.5, 0.6) is 0 Å². The number of hydrogen-bond donors (Lipinski definition) is 2. The molecule has 0 spiro atoms. The van der Waals surface area contributed by atoms with E-state index in [1.807, 2.05) is 25.1 Å². The van der Waals surface area contributed by atoms with E-state index in [2.05, 4.69) is 11.4 Å². The van der Waals surface area contributed by atoms with Gasteiger partial charge >= 0.3 is 0 Å². The summed E-state index contributed by atoms with van der Waals surface area (Å²) in [6.45, 7) is 2.04. The first-order valence-electron chi connectivity index (χ1n) is 6.53. The van der Waals surface area contributed by atoms with E-state index in [0.717, 1.165) is 5.75 Å². The van der Waals surface area contributed by atoms with Crippen LogP contribution in [-0.2, 0) is 10.5 Å². The Morgan fingerprint density at radius 1 is 1.29 bits per heavy atom. The molecule has 0 fully saturated rings. The number of nitrogens with one attached hydrogen (secondary N) is 1. The molecule has 0 heterocycles. The summed E-state index contributed by atoms with van der Waals surface area (Å²) in [6.07, 6.45) is 0. The summed E-state index contributed by atoms with van der Waals surface area (Å²) in [6, 6.07) is 12.1. The van der Waals surface area contributed by atoms with Crippen LogP contribution in [-0.4, -0.2) is 11.7 Å². The van der Waals surface area contributed by atoms with E-state index < -0.39 is 5.82 Å². The minimum Gasteiger partial charge on any atom is -0.397 e. The number of rotatable bonds is 5. The number of nitrogen functional groups attached to an aromatic ring is 1. The second-order valence-electron chi connectivity index (χ2n) is 4.76.